The first kappa shape index (κ1) is 12.0. The summed E-state index contributed by atoms with van der Waals surface area (Å²) in [7, 11) is 1.66. The number of hydrogen-bond donors (Lipinski definition) is 1. The Balaban J connectivity index is 1.98. The van der Waals surface area contributed by atoms with E-state index in [2.05, 4.69) is 17.5 Å². The lowest BCUT2D eigenvalue weighted by Gasteiger charge is -2.33. The molecule has 0 aromatic heterocycles. The molecule has 0 saturated carbocycles. The molecule has 1 aromatic rings. The second-order valence-electron chi connectivity index (χ2n) is 5.71. The largest absolute Gasteiger partial charge is 0.493 e. The van der Waals surface area contributed by atoms with Crippen molar-refractivity contribution in [1.29, 1.82) is 0 Å². The molecule has 1 aromatic carbocycles. The normalized spacial score (nSPS) is 30.2. The van der Waals surface area contributed by atoms with Gasteiger partial charge in [-0.05, 0) is 30.7 Å². The second-order valence-corrected chi connectivity index (χ2v) is 5.71. The van der Waals surface area contributed by atoms with Crippen LogP contribution in [0.3, 0.4) is 0 Å². The van der Waals surface area contributed by atoms with E-state index in [1.807, 2.05) is 6.07 Å². The van der Waals surface area contributed by atoms with E-state index >= 15 is 0 Å². The van der Waals surface area contributed by atoms with Gasteiger partial charge < -0.3 is 14.8 Å². The fourth-order valence-electron chi connectivity index (χ4n) is 3.74. The van der Waals surface area contributed by atoms with Gasteiger partial charge >= 0.3 is 0 Å². The van der Waals surface area contributed by atoms with Gasteiger partial charge in [-0.3, -0.25) is 4.79 Å². The predicted molar refractivity (Wildman–Crippen MR) is 74.2 cm³/mol. The van der Waals surface area contributed by atoms with Crippen molar-refractivity contribution in [2.75, 3.05) is 13.7 Å². The lowest BCUT2D eigenvalue weighted by atomic mass is 9.69. The van der Waals surface area contributed by atoms with Crippen LogP contribution in [0.15, 0.2) is 24.3 Å². The van der Waals surface area contributed by atoms with E-state index in [-0.39, 0.29) is 17.3 Å². The first-order valence-corrected chi connectivity index (χ1v) is 7.04. The van der Waals surface area contributed by atoms with Gasteiger partial charge in [-0.1, -0.05) is 12.1 Å². The van der Waals surface area contributed by atoms with Crippen LogP contribution in [0.4, 0.5) is 0 Å². The van der Waals surface area contributed by atoms with Gasteiger partial charge in [-0.15, -0.1) is 0 Å². The molecule has 0 fully saturated rings. The molecule has 20 heavy (non-hydrogen) atoms. The highest BCUT2D eigenvalue weighted by Gasteiger charge is 2.52. The maximum Gasteiger partial charge on any atom is 0.166 e. The first-order valence-electron chi connectivity index (χ1n) is 7.04. The van der Waals surface area contributed by atoms with Crippen LogP contribution in [-0.4, -0.2) is 25.5 Å². The molecule has 0 unspecified atom stereocenters. The molecule has 2 atom stereocenters. The van der Waals surface area contributed by atoms with Crippen molar-refractivity contribution in [3.63, 3.8) is 0 Å². The number of hydrogen-bond acceptors (Lipinski definition) is 4. The minimum Gasteiger partial charge on any atom is -0.493 e. The highest BCUT2D eigenvalue weighted by atomic mass is 16.5. The molecule has 2 heterocycles. The molecule has 4 rings (SSSR count). The van der Waals surface area contributed by atoms with E-state index in [9.17, 15) is 4.79 Å². The highest BCUT2D eigenvalue weighted by Crippen LogP contribution is 2.54. The predicted octanol–water partition coefficient (Wildman–Crippen LogP) is 1.72. The van der Waals surface area contributed by atoms with Gasteiger partial charge in [-0.2, -0.15) is 0 Å². The summed E-state index contributed by atoms with van der Waals surface area (Å²) in [5.41, 5.74) is 2.30. The molecule has 0 saturated heterocycles. The number of methoxy groups -OCH3 is 1. The van der Waals surface area contributed by atoms with Crippen LogP contribution >= 0.6 is 0 Å². The molecule has 1 N–H and O–H groups in total. The van der Waals surface area contributed by atoms with E-state index in [1.165, 1.54) is 11.1 Å². The fraction of sp³-hybridized carbons (Fsp3) is 0.438. The Kier molecular flexibility index (Phi) is 2.45. The molecule has 4 heteroatoms. The summed E-state index contributed by atoms with van der Waals surface area (Å²) >= 11 is 0. The number of carbonyl (C=O) groups is 1. The summed E-state index contributed by atoms with van der Waals surface area (Å²) in [6.45, 7) is 1.76. The number of ketones is 1. The quantitative estimate of drug-likeness (QED) is 0.845. The van der Waals surface area contributed by atoms with Crippen LogP contribution < -0.4 is 14.8 Å². The summed E-state index contributed by atoms with van der Waals surface area (Å²) < 4.78 is 11.6. The number of allylic oxidation sites excluding steroid dienone is 1. The number of carbonyl (C=O) groups excluding carboxylic acids is 1. The Hall–Kier alpha value is -1.81. The first-order chi connectivity index (χ1) is 9.74. The molecule has 4 nitrogen and oxygen atoms in total. The third kappa shape index (κ3) is 1.43. The van der Waals surface area contributed by atoms with Crippen molar-refractivity contribution in [1.82, 2.24) is 5.32 Å². The Morgan fingerprint density at radius 1 is 1.45 bits per heavy atom. The number of ether oxygens (including phenoxy) is 2. The lowest BCUT2D eigenvalue weighted by Crippen LogP contribution is -2.41. The van der Waals surface area contributed by atoms with E-state index in [4.69, 9.17) is 9.47 Å². The molecular weight excluding hydrogens is 254 g/mol. The topological polar surface area (TPSA) is 47.6 Å². The Labute approximate surface area is 117 Å². The third-order valence-electron chi connectivity index (χ3n) is 4.71. The zero-order valence-electron chi connectivity index (χ0n) is 11.4. The van der Waals surface area contributed by atoms with Gasteiger partial charge in [0, 0.05) is 18.5 Å². The van der Waals surface area contributed by atoms with Crippen molar-refractivity contribution in [2.24, 2.45) is 0 Å². The van der Waals surface area contributed by atoms with Gasteiger partial charge in [0.25, 0.3) is 0 Å². The van der Waals surface area contributed by atoms with Crippen LogP contribution in [0.25, 0.3) is 0 Å². The molecule has 2 aliphatic heterocycles. The number of rotatable bonds is 1. The SMILES string of the molecule is COc1ccc2c3c1O[C@H]1CC(=O)C=C[C@@]31CCNC2. The molecule has 0 radical (unpaired) electrons. The average molecular weight is 271 g/mol. The van der Waals surface area contributed by atoms with Crippen molar-refractivity contribution < 1.29 is 14.3 Å². The average Bonchev–Trinajstić information content (AvgIpc) is 2.66. The van der Waals surface area contributed by atoms with E-state index in [1.54, 1.807) is 13.2 Å². The summed E-state index contributed by atoms with van der Waals surface area (Å²) in [5, 5.41) is 3.46. The fourth-order valence-corrected chi connectivity index (χ4v) is 3.74. The number of nitrogens with one attached hydrogen (secondary N) is 1. The summed E-state index contributed by atoms with van der Waals surface area (Å²) in [6, 6.07) is 4.06. The summed E-state index contributed by atoms with van der Waals surface area (Å²) in [6.07, 6.45) is 5.10. The zero-order valence-corrected chi connectivity index (χ0v) is 11.4. The number of benzene rings is 1. The van der Waals surface area contributed by atoms with Crippen LogP contribution in [-0.2, 0) is 16.8 Å². The molecule has 104 valence electrons. The molecule has 0 bridgehead atoms. The van der Waals surface area contributed by atoms with Crippen LogP contribution in [0.2, 0.25) is 0 Å². The summed E-state index contributed by atoms with van der Waals surface area (Å²) in [5.74, 6) is 1.74. The van der Waals surface area contributed by atoms with Gasteiger partial charge in [0.05, 0.1) is 12.5 Å². The maximum atomic E-state index is 11.7. The molecule has 1 spiro atoms. The van der Waals surface area contributed by atoms with E-state index in [0.717, 1.165) is 31.0 Å². The minimum absolute atomic E-state index is 0.0926. The van der Waals surface area contributed by atoms with Gasteiger partial charge in [0.15, 0.2) is 17.3 Å². The third-order valence-corrected chi connectivity index (χ3v) is 4.71. The second kappa shape index (κ2) is 4.09. The van der Waals surface area contributed by atoms with Crippen molar-refractivity contribution >= 4 is 5.78 Å². The monoisotopic (exact) mass is 271 g/mol. The summed E-state index contributed by atoms with van der Waals surface area (Å²) in [4.78, 5) is 11.7. The zero-order chi connectivity index (χ0) is 13.7. The molecule has 0 amide bonds. The Morgan fingerprint density at radius 3 is 3.20 bits per heavy atom. The Bertz CT molecular complexity index is 622. The van der Waals surface area contributed by atoms with Crippen molar-refractivity contribution in [2.45, 2.75) is 30.9 Å². The van der Waals surface area contributed by atoms with Gasteiger partial charge in [0.2, 0.25) is 0 Å². The van der Waals surface area contributed by atoms with E-state index < -0.39 is 0 Å². The molecule has 1 aliphatic carbocycles. The highest BCUT2D eigenvalue weighted by molar-refractivity contribution is 5.92. The van der Waals surface area contributed by atoms with Crippen molar-refractivity contribution in [3.05, 3.63) is 35.4 Å². The minimum atomic E-state index is -0.170. The van der Waals surface area contributed by atoms with E-state index in [0.29, 0.717) is 6.42 Å². The van der Waals surface area contributed by atoms with Crippen LogP contribution in [0.1, 0.15) is 24.0 Å². The maximum absolute atomic E-state index is 11.7. The van der Waals surface area contributed by atoms with Gasteiger partial charge in [-0.25, -0.2) is 0 Å². The lowest BCUT2D eigenvalue weighted by molar-refractivity contribution is -0.117. The molecule has 3 aliphatic rings. The Morgan fingerprint density at radius 2 is 2.35 bits per heavy atom. The van der Waals surface area contributed by atoms with Crippen molar-refractivity contribution in [3.8, 4) is 11.5 Å². The van der Waals surface area contributed by atoms with Crippen LogP contribution in [0.5, 0.6) is 11.5 Å². The smallest absolute Gasteiger partial charge is 0.166 e. The van der Waals surface area contributed by atoms with Crippen LogP contribution in [0, 0.1) is 0 Å². The molecular formula is C16H17NO3. The van der Waals surface area contributed by atoms with Gasteiger partial charge in [0.1, 0.15) is 6.10 Å². The standard InChI is InChI=1S/C16H17NO3/c1-19-12-3-2-10-9-17-7-6-16-5-4-11(18)8-13(16)20-15(12)14(10)16/h2-5,13,17H,6-9H2,1H3/t13-,16-/m0/s1.